The average molecular weight is 238 g/mol. The number of pyridine rings is 1. The van der Waals surface area contributed by atoms with E-state index in [1.807, 2.05) is 42.5 Å². The topological polar surface area (TPSA) is 42.7 Å². The Morgan fingerprint density at radius 2 is 2.06 bits per heavy atom. The minimum Gasteiger partial charge on any atom is -0.314 e. The van der Waals surface area contributed by atoms with Crippen molar-refractivity contribution in [1.82, 2.24) is 19.9 Å². The summed E-state index contributed by atoms with van der Waals surface area (Å²) in [4.78, 5) is 8.81. The fourth-order valence-corrected chi connectivity index (χ4v) is 2.06. The summed E-state index contributed by atoms with van der Waals surface area (Å²) in [5.74, 6) is 0. The summed E-state index contributed by atoms with van der Waals surface area (Å²) in [6, 6.07) is 10.2. The molecule has 2 heterocycles. The average Bonchev–Trinajstić information content (AvgIpc) is 2.87. The van der Waals surface area contributed by atoms with Crippen LogP contribution < -0.4 is 5.32 Å². The quantitative estimate of drug-likeness (QED) is 0.760. The van der Waals surface area contributed by atoms with Crippen LogP contribution in [0.3, 0.4) is 0 Å². The molecule has 18 heavy (non-hydrogen) atoms. The van der Waals surface area contributed by atoms with E-state index in [9.17, 15) is 0 Å². The SMILES string of the molecule is CNCc1cn(-c2cccc3cccnc23)cn1. The van der Waals surface area contributed by atoms with Gasteiger partial charge in [0.15, 0.2) is 0 Å². The predicted molar refractivity (Wildman–Crippen MR) is 71.6 cm³/mol. The molecule has 0 saturated heterocycles. The Morgan fingerprint density at radius 1 is 1.17 bits per heavy atom. The van der Waals surface area contributed by atoms with Crippen LogP contribution in [-0.2, 0) is 6.54 Å². The molecule has 3 aromatic rings. The van der Waals surface area contributed by atoms with Gasteiger partial charge in [-0.05, 0) is 19.2 Å². The van der Waals surface area contributed by atoms with Gasteiger partial charge >= 0.3 is 0 Å². The maximum absolute atomic E-state index is 4.45. The number of benzene rings is 1. The van der Waals surface area contributed by atoms with Gasteiger partial charge in [-0.15, -0.1) is 0 Å². The Kier molecular flexibility index (Phi) is 2.78. The zero-order valence-corrected chi connectivity index (χ0v) is 10.2. The van der Waals surface area contributed by atoms with Gasteiger partial charge in [0.2, 0.25) is 0 Å². The highest BCUT2D eigenvalue weighted by Gasteiger charge is 2.05. The van der Waals surface area contributed by atoms with E-state index in [1.165, 1.54) is 0 Å². The maximum atomic E-state index is 4.45. The zero-order valence-electron chi connectivity index (χ0n) is 10.2. The van der Waals surface area contributed by atoms with E-state index < -0.39 is 0 Å². The van der Waals surface area contributed by atoms with Gasteiger partial charge in [-0.3, -0.25) is 4.98 Å². The van der Waals surface area contributed by atoms with Crippen molar-refractivity contribution in [2.75, 3.05) is 7.05 Å². The van der Waals surface area contributed by atoms with Crippen LogP contribution in [0.1, 0.15) is 5.69 Å². The molecule has 4 heteroatoms. The molecule has 0 spiro atoms. The van der Waals surface area contributed by atoms with E-state index in [4.69, 9.17) is 0 Å². The molecule has 2 aromatic heterocycles. The highest BCUT2D eigenvalue weighted by molar-refractivity contribution is 5.86. The lowest BCUT2D eigenvalue weighted by molar-refractivity contribution is 0.796. The van der Waals surface area contributed by atoms with E-state index in [-0.39, 0.29) is 0 Å². The third-order valence-electron chi connectivity index (χ3n) is 2.88. The van der Waals surface area contributed by atoms with E-state index in [0.29, 0.717) is 0 Å². The van der Waals surface area contributed by atoms with Crippen LogP contribution in [-0.4, -0.2) is 21.6 Å². The summed E-state index contributed by atoms with van der Waals surface area (Å²) in [5.41, 5.74) is 3.07. The van der Waals surface area contributed by atoms with E-state index >= 15 is 0 Å². The number of para-hydroxylation sites is 1. The van der Waals surface area contributed by atoms with Crippen LogP contribution in [0.4, 0.5) is 0 Å². The third kappa shape index (κ3) is 1.87. The lowest BCUT2D eigenvalue weighted by atomic mass is 10.2. The Hall–Kier alpha value is -2.20. The van der Waals surface area contributed by atoms with E-state index in [0.717, 1.165) is 28.8 Å². The van der Waals surface area contributed by atoms with Crippen molar-refractivity contribution in [3.05, 3.63) is 54.7 Å². The molecule has 0 bridgehead atoms. The van der Waals surface area contributed by atoms with Crippen LogP contribution >= 0.6 is 0 Å². The molecule has 90 valence electrons. The molecular formula is C14H14N4. The number of nitrogens with one attached hydrogen (secondary N) is 1. The maximum Gasteiger partial charge on any atom is 0.0996 e. The number of rotatable bonds is 3. The van der Waals surface area contributed by atoms with Crippen LogP contribution in [0.15, 0.2) is 49.1 Å². The second-order valence-corrected chi connectivity index (χ2v) is 4.15. The van der Waals surface area contributed by atoms with E-state index in [1.54, 1.807) is 0 Å². The lowest BCUT2D eigenvalue weighted by Gasteiger charge is -2.05. The molecule has 0 unspecified atom stereocenters. The summed E-state index contributed by atoms with van der Waals surface area (Å²) < 4.78 is 2.02. The highest BCUT2D eigenvalue weighted by atomic mass is 15.1. The number of aromatic nitrogens is 3. The van der Waals surface area contributed by atoms with Gasteiger partial charge in [0, 0.05) is 24.3 Å². The summed E-state index contributed by atoms with van der Waals surface area (Å²) in [6.07, 6.45) is 5.67. The molecule has 3 rings (SSSR count). The third-order valence-corrected chi connectivity index (χ3v) is 2.88. The van der Waals surface area contributed by atoms with Gasteiger partial charge in [0.1, 0.15) is 0 Å². The molecule has 0 fully saturated rings. The van der Waals surface area contributed by atoms with Crippen LogP contribution in [0.25, 0.3) is 16.6 Å². The lowest BCUT2D eigenvalue weighted by Crippen LogP contribution is -2.04. The molecule has 4 nitrogen and oxygen atoms in total. The van der Waals surface area contributed by atoms with Crippen molar-refractivity contribution < 1.29 is 0 Å². The first kappa shape index (κ1) is 10.9. The first-order chi connectivity index (χ1) is 8.88. The number of fused-ring (bicyclic) bond motifs is 1. The molecule has 1 N–H and O–H groups in total. The van der Waals surface area contributed by atoms with Gasteiger partial charge in [0.25, 0.3) is 0 Å². The fourth-order valence-electron chi connectivity index (χ4n) is 2.06. The fraction of sp³-hybridized carbons (Fsp3) is 0.143. The molecule has 0 aliphatic rings. The van der Waals surface area contributed by atoms with Crippen molar-refractivity contribution in [2.24, 2.45) is 0 Å². The van der Waals surface area contributed by atoms with Crippen molar-refractivity contribution in [3.8, 4) is 5.69 Å². The van der Waals surface area contributed by atoms with Gasteiger partial charge in [-0.1, -0.05) is 18.2 Å². The summed E-state index contributed by atoms with van der Waals surface area (Å²) >= 11 is 0. The molecule has 0 aliphatic carbocycles. The Bertz CT molecular complexity index is 667. The zero-order chi connectivity index (χ0) is 12.4. The van der Waals surface area contributed by atoms with Crippen molar-refractivity contribution in [2.45, 2.75) is 6.54 Å². The van der Waals surface area contributed by atoms with Crippen molar-refractivity contribution >= 4 is 10.9 Å². The first-order valence-electron chi connectivity index (χ1n) is 5.90. The summed E-state index contributed by atoms with van der Waals surface area (Å²) in [5, 5.41) is 4.23. The summed E-state index contributed by atoms with van der Waals surface area (Å²) in [7, 11) is 1.92. The minimum atomic E-state index is 0.769. The van der Waals surface area contributed by atoms with Gasteiger partial charge in [-0.2, -0.15) is 0 Å². The molecule has 0 saturated carbocycles. The predicted octanol–water partition coefficient (Wildman–Crippen LogP) is 2.14. The standard InChI is InChI=1S/C14H14N4/c1-15-8-12-9-18(10-17-12)13-6-2-4-11-5-3-7-16-14(11)13/h2-7,9-10,15H,8H2,1H3. The van der Waals surface area contributed by atoms with E-state index in [2.05, 4.69) is 33.5 Å². The number of nitrogens with zero attached hydrogens (tertiary/aromatic N) is 3. The van der Waals surface area contributed by atoms with Crippen LogP contribution in [0.2, 0.25) is 0 Å². The first-order valence-corrected chi connectivity index (χ1v) is 5.90. The van der Waals surface area contributed by atoms with Crippen LogP contribution in [0.5, 0.6) is 0 Å². The largest absolute Gasteiger partial charge is 0.314 e. The van der Waals surface area contributed by atoms with Crippen molar-refractivity contribution in [3.63, 3.8) is 0 Å². The highest BCUT2D eigenvalue weighted by Crippen LogP contribution is 2.19. The minimum absolute atomic E-state index is 0.769. The smallest absolute Gasteiger partial charge is 0.0996 e. The van der Waals surface area contributed by atoms with Gasteiger partial charge < -0.3 is 9.88 Å². The number of hydrogen-bond acceptors (Lipinski definition) is 3. The molecule has 0 aliphatic heterocycles. The normalized spacial score (nSPS) is 10.9. The molecule has 0 radical (unpaired) electrons. The Morgan fingerprint density at radius 3 is 2.94 bits per heavy atom. The summed E-state index contributed by atoms with van der Waals surface area (Å²) in [6.45, 7) is 0.769. The van der Waals surface area contributed by atoms with Gasteiger partial charge in [-0.25, -0.2) is 4.98 Å². The Balaban J connectivity index is 2.12. The monoisotopic (exact) mass is 238 g/mol. The van der Waals surface area contributed by atoms with Crippen LogP contribution in [0, 0.1) is 0 Å². The molecular weight excluding hydrogens is 224 g/mol. The Labute approximate surface area is 105 Å². The number of imidazole rings is 1. The molecule has 0 amide bonds. The van der Waals surface area contributed by atoms with Crippen molar-refractivity contribution in [1.29, 1.82) is 0 Å². The second kappa shape index (κ2) is 4.58. The number of hydrogen-bond donors (Lipinski definition) is 1. The molecule has 1 aromatic carbocycles. The second-order valence-electron chi connectivity index (χ2n) is 4.15. The van der Waals surface area contributed by atoms with Gasteiger partial charge in [0.05, 0.1) is 23.2 Å². The molecule has 0 atom stereocenters.